The third-order valence-corrected chi connectivity index (χ3v) is 5.56. The number of hydrogen-bond donors (Lipinski definition) is 1. The molecule has 120 valence electrons. The van der Waals surface area contributed by atoms with Crippen LogP contribution in [0, 0.1) is 5.92 Å². The number of carbonyl (C=O) groups excluding carboxylic acids is 1. The minimum Gasteiger partial charge on any atom is -0.301 e. The van der Waals surface area contributed by atoms with Crippen LogP contribution in [0.2, 0.25) is 0 Å². The first-order valence-corrected chi connectivity index (χ1v) is 9.23. The van der Waals surface area contributed by atoms with Gasteiger partial charge in [0.05, 0.1) is 28.5 Å². The van der Waals surface area contributed by atoms with Gasteiger partial charge in [0.15, 0.2) is 0 Å². The van der Waals surface area contributed by atoms with Gasteiger partial charge < -0.3 is 5.43 Å². The summed E-state index contributed by atoms with van der Waals surface area (Å²) in [6.07, 6.45) is 3.49. The largest absolute Gasteiger partial charge is 0.301 e. The van der Waals surface area contributed by atoms with Gasteiger partial charge >= 0.3 is 0 Å². The predicted octanol–water partition coefficient (Wildman–Crippen LogP) is 3.18. The fourth-order valence-corrected chi connectivity index (χ4v) is 4.08. The lowest BCUT2D eigenvalue weighted by Gasteiger charge is -2.21. The lowest BCUT2D eigenvalue weighted by Crippen LogP contribution is -2.27. The Morgan fingerprint density at radius 2 is 1.88 bits per heavy atom. The summed E-state index contributed by atoms with van der Waals surface area (Å²) in [5, 5.41) is 5.39. The molecule has 5 nitrogen and oxygen atoms in total. The summed E-state index contributed by atoms with van der Waals surface area (Å²) in [5.74, 6) is 0.248. The monoisotopic (exact) mass is 400 g/mol. The number of hydrazone groups is 1. The second kappa shape index (κ2) is 6.49. The highest BCUT2D eigenvalue weighted by atomic mass is 79.9. The average Bonchev–Trinajstić information content (AvgIpc) is 3.22. The van der Waals surface area contributed by atoms with E-state index in [9.17, 15) is 4.79 Å². The van der Waals surface area contributed by atoms with E-state index in [1.165, 1.54) is 11.8 Å². The van der Waals surface area contributed by atoms with E-state index < -0.39 is 0 Å². The molecule has 2 atom stereocenters. The Bertz CT molecular complexity index is 835. The minimum absolute atomic E-state index is 0.0431. The zero-order valence-electron chi connectivity index (χ0n) is 12.5. The van der Waals surface area contributed by atoms with Crippen molar-refractivity contribution in [3.8, 4) is 0 Å². The number of aliphatic imine (C=N–C) groups is 1. The van der Waals surface area contributed by atoms with Crippen molar-refractivity contribution in [2.45, 2.75) is 6.04 Å². The Hall–Kier alpha value is -1.99. The van der Waals surface area contributed by atoms with Crippen LogP contribution in [0.3, 0.4) is 0 Å². The van der Waals surface area contributed by atoms with Gasteiger partial charge in [-0.15, -0.1) is 0 Å². The highest BCUT2D eigenvalue weighted by Gasteiger charge is 2.39. The summed E-state index contributed by atoms with van der Waals surface area (Å²) >= 11 is 4.97. The molecule has 24 heavy (non-hydrogen) atoms. The van der Waals surface area contributed by atoms with Gasteiger partial charge in [0.1, 0.15) is 0 Å². The molecular formula is C17H13BrN4OS. The smallest absolute Gasteiger partial charge is 0.256 e. The quantitative estimate of drug-likeness (QED) is 0.858. The van der Waals surface area contributed by atoms with Crippen molar-refractivity contribution < 1.29 is 4.79 Å². The first-order chi connectivity index (χ1) is 11.7. The average molecular weight is 401 g/mol. The van der Waals surface area contributed by atoms with Gasteiger partial charge in [-0.1, -0.05) is 39.8 Å². The van der Waals surface area contributed by atoms with Crippen molar-refractivity contribution in [2.75, 3.05) is 5.75 Å². The second-order valence-electron chi connectivity index (χ2n) is 5.50. The molecule has 2 aromatic rings. The molecule has 0 aliphatic carbocycles. The lowest BCUT2D eigenvalue weighted by molar-refractivity contribution is -0.115. The molecule has 0 bridgehead atoms. The SMILES string of the molecule is O=C1CSC(C2C(c3ccncc3)=NNC2c2ccc(Br)cc2)=N1. The predicted molar refractivity (Wildman–Crippen MR) is 99.2 cm³/mol. The highest BCUT2D eigenvalue weighted by molar-refractivity contribution is 9.10. The Balaban J connectivity index is 1.75. The maximum absolute atomic E-state index is 11.7. The Kier molecular flexibility index (Phi) is 4.20. The molecule has 0 saturated heterocycles. The maximum atomic E-state index is 11.7. The van der Waals surface area contributed by atoms with Crippen LogP contribution in [-0.4, -0.2) is 27.4 Å². The Labute approximate surface area is 151 Å². The van der Waals surface area contributed by atoms with Gasteiger partial charge in [-0.2, -0.15) is 5.10 Å². The van der Waals surface area contributed by atoms with Gasteiger partial charge in [0.2, 0.25) is 0 Å². The highest BCUT2D eigenvalue weighted by Crippen LogP contribution is 2.36. The molecule has 2 unspecified atom stereocenters. The van der Waals surface area contributed by atoms with Crippen molar-refractivity contribution in [3.05, 3.63) is 64.4 Å². The molecule has 1 N–H and O–H groups in total. The van der Waals surface area contributed by atoms with E-state index in [-0.39, 0.29) is 17.9 Å². The van der Waals surface area contributed by atoms with Gasteiger partial charge in [-0.05, 0) is 29.8 Å². The molecule has 2 aliphatic rings. The zero-order valence-corrected chi connectivity index (χ0v) is 14.9. The Morgan fingerprint density at radius 3 is 2.54 bits per heavy atom. The van der Waals surface area contributed by atoms with Gasteiger partial charge in [0, 0.05) is 22.4 Å². The first kappa shape index (κ1) is 15.5. The van der Waals surface area contributed by atoms with Crippen LogP contribution in [0.25, 0.3) is 0 Å². The van der Waals surface area contributed by atoms with Crippen LogP contribution < -0.4 is 5.43 Å². The molecule has 7 heteroatoms. The first-order valence-electron chi connectivity index (χ1n) is 7.45. The number of benzene rings is 1. The summed E-state index contributed by atoms with van der Waals surface area (Å²) in [6.45, 7) is 0. The molecule has 1 aromatic heterocycles. The van der Waals surface area contributed by atoms with E-state index in [1.54, 1.807) is 12.4 Å². The summed E-state index contributed by atoms with van der Waals surface area (Å²) in [7, 11) is 0. The van der Waals surface area contributed by atoms with Crippen LogP contribution in [0.4, 0.5) is 0 Å². The molecule has 2 aliphatic heterocycles. The topological polar surface area (TPSA) is 66.7 Å². The molecule has 4 rings (SSSR count). The van der Waals surface area contributed by atoms with Gasteiger partial charge in [-0.3, -0.25) is 9.78 Å². The van der Waals surface area contributed by atoms with Crippen molar-refractivity contribution in [1.29, 1.82) is 0 Å². The van der Waals surface area contributed by atoms with E-state index in [4.69, 9.17) is 0 Å². The van der Waals surface area contributed by atoms with Crippen LogP contribution in [-0.2, 0) is 4.79 Å². The van der Waals surface area contributed by atoms with Gasteiger partial charge in [0.25, 0.3) is 5.91 Å². The zero-order chi connectivity index (χ0) is 16.5. The molecule has 0 saturated carbocycles. The number of hydrogen-bond acceptors (Lipinski definition) is 5. The number of halogens is 1. The van der Waals surface area contributed by atoms with Crippen LogP contribution >= 0.6 is 27.7 Å². The van der Waals surface area contributed by atoms with Crippen molar-refractivity contribution in [3.63, 3.8) is 0 Å². The van der Waals surface area contributed by atoms with E-state index >= 15 is 0 Å². The lowest BCUT2D eigenvalue weighted by atomic mass is 9.88. The standard InChI is InChI=1S/C17H13BrN4OS/c18-12-3-1-10(2-4-12)15-14(17-20-13(23)9-24-17)16(22-21-15)11-5-7-19-8-6-11/h1-8,14-15,21H,9H2. The van der Waals surface area contributed by atoms with Crippen LogP contribution in [0.5, 0.6) is 0 Å². The number of nitrogens with one attached hydrogen (secondary N) is 1. The van der Waals surface area contributed by atoms with Crippen LogP contribution in [0.15, 0.2) is 63.4 Å². The van der Waals surface area contributed by atoms with Crippen molar-refractivity contribution in [1.82, 2.24) is 10.4 Å². The molecule has 0 spiro atoms. The number of aromatic nitrogens is 1. The third kappa shape index (κ3) is 2.89. The Morgan fingerprint density at radius 1 is 1.12 bits per heavy atom. The van der Waals surface area contributed by atoms with Crippen LogP contribution in [0.1, 0.15) is 17.2 Å². The molecule has 0 fully saturated rings. The second-order valence-corrected chi connectivity index (χ2v) is 7.41. The van der Waals surface area contributed by atoms with E-state index in [0.29, 0.717) is 5.75 Å². The molecule has 3 heterocycles. The molecule has 1 aromatic carbocycles. The minimum atomic E-state index is -0.0787. The third-order valence-electron chi connectivity index (χ3n) is 4.00. The van der Waals surface area contributed by atoms with E-state index in [2.05, 4.69) is 48.6 Å². The summed E-state index contributed by atoms with van der Waals surface area (Å²) in [5.41, 5.74) is 6.22. The van der Waals surface area contributed by atoms with E-state index in [0.717, 1.165) is 26.4 Å². The van der Waals surface area contributed by atoms with E-state index in [1.807, 2.05) is 24.3 Å². The summed E-state index contributed by atoms with van der Waals surface area (Å²) < 4.78 is 1.03. The number of amides is 1. The van der Waals surface area contributed by atoms with Gasteiger partial charge in [-0.25, -0.2) is 4.99 Å². The number of nitrogens with zero attached hydrogens (tertiary/aromatic N) is 3. The fourth-order valence-electron chi connectivity index (χ4n) is 2.89. The summed E-state index contributed by atoms with van der Waals surface area (Å²) in [6, 6.07) is 11.9. The molecular weight excluding hydrogens is 388 g/mol. The molecule has 1 amide bonds. The summed E-state index contributed by atoms with van der Waals surface area (Å²) in [4.78, 5) is 20.0. The van der Waals surface area contributed by atoms with Crippen molar-refractivity contribution >= 4 is 44.4 Å². The fraction of sp³-hybridized carbons (Fsp3) is 0.176. The number of rotatable bonds is 3. The number of thioether (sulfide) groups is 1. The number of pyridine rings is 1. The normalized spacial score (nSPS) is 23.0. The van der Waals surface area contributed by atoms with Crippen molar-refractivity contribution in [2.24, 2.45) is 16.0 Å². The molecule has 0 radical (unpaired) electrons. The maximum Gasteiger partial charge on any atom is 0.256 e. The number of carbonyl (C=O) groups is 1.